The molecular weight excluding hydrogens is 290 g/mol. The Morgan fingerprint density at radius 1 is 1.41 bits per heavy atom. The molecule has 1 aliphatic rings. The Morgan fingerprint density at radius 2 is 2.14 bits per heavy atom. The SMILES string of the molecule is Cc1ccc(C(=O)N[C@@H](c2nccn2C)C2CC2)n1C(F)F. The first-order chi connectivity index (χ1) is 10.5. The largest absolute Gasteiger partial charge is 0.341 e. The standard InChI is InChI=1S/C15H18F2N4O/c1-9-3-6-11(21(9)15(16)17)14(22)19-12(10-4-5-10)13-18-7-8-20(13)2/h3,6-8,10,12,15H,4-5H2,1-2H3,(H,19,22)/t12-/m1/s1. The third-order valence-electron chi connectivity index (χ3n) is 4.07. The molecule has 22 heavy (non-hydrogen) atoms. The van der Waals surface area contributed by atoms with E-state index < -0.39 is 12.5 Å². The number of halogens is 2. The van der Waals surface area contributed by atoms with Crippen molar-refractivity contribution in [3.63, 3.8) is 0 Å². The summed E-state index contributed by atoms with van der Waals surface area (Å²) in [6.45, 7) is -1.18. The van der Waals surface area contributed by atoms with E-state index in [2.05, 4.69) is 10.3 Å². The van der Waals surface area contributed by atoms with Gasteiger partial charge in [0, 0.05) is 25.1 Å². The molecule has 0 bridgehead atoms. The highest BCUT2D eigenvalue weighted by Gasteiger charge is 2.36. The van der Waals surface area contributed by atoms with Gasteiger partial charge in [0.25, 0.3) is 5.91 Å². The van der Waals surface area contributed by atoms with E-state index in [0.29, 0.717) is 11.6 Å². The van der Waals surface area contributed by atoms with E-state index in [1.165, 1.54) is 12.1 Å². The summed E-state index contributed by atoms with van der Waals surface area (Å²) in [7, 11) is 1.86. The molecule has 1 atom stereocenters. The maximum absolute atomic E-state index is 13.1. The number of carbonyl (C=O) groups excluding carboxylic acids is 1. The number of hydrogen-bond donors (Lipinski definition) is 1. The predicted molar refractivity (Wildman–Crippen MR) is 76.6 cm³/mol. The molecule has 0 aliphatic heterocycles. The number of aryl methyl sites for hydroxylation is 2. The zero-order valence-corrected chi connectivity index (χ0v) is 12.5. The monoisotopic (exact) mass is 308 g/mol. The second kappa shape index (κ2) is 5.55. The summed E-state index contributed by atoms with van der Waals surface area (Å²) >= 11 is 0. The molecule has 2 heterocycles. The van der Waals surface area contributed by atoms with Crippen molar-refractivity contribution in [2.75, 3.05) is 0 Å². The minimum Gasteiger partial charge on any atom is -0.341 e. The molecule has 2 aromatic heterocycles. The summed E-state index contributed by atoms with van der Waals surface area (Å²) < 4.78 is 28.8. The third kappa shape index (κ3) is 2.63. The van der Waals surface area contributed by atoms with Gasteiger partial charge in [-0.25, -0.2) is 4.98 Å². The lowest BCUT2D eigenvalue weighted by atomic mass is 10.1. The molecule has 5 nitrogen and oxygen atoms in total. The van der Waals surface area contributed by atoms with Crippen molar-refractivity contribution in [1.82, 2.24) is 19.4 Å². The van der Waals surface area contributed by atoms with Gasteiger partial charge in [-0.1, -0.05) is 0 Å². The van der Waals surface area contributed by atoms with Gasteiger partial charge >= 0.3 is 6.55 Å². The topological polar surface area (TPSA) is 51.9 Å². The fourth-order valence-corrected chi connectivity index (χ4v) is 2.71. The minimum absolute atomic E-state index is 0.0210. The van der Waals surface area contributed by atoms with Crippen molar-refractivity contribution < 1.29 is 13.6 Å². The van der Waals surface area contributed by atoms with E-state index in [4.69, 9.17) is 0 Å². The van der Waals surface area contributed by atoms with Crippen molar-refractivity contribution in [3.05, 3.63) is 41.7 Å². The molecule has 1 aliphatic carbocycles. The fraction of sp³-hybridized carbons (Fsp3) is 0.467. The van der Waals surface area contributed by atoms with Crippen LogP contribution in [0.3, 0.4) is 0 Å². The van der Waals surface area contributed by atoms with Crippen LogP contribution in [-0.2, 0) is 7.05 Å². The highest BCUT2D eigenvalue weighted by atomic mass is 19.3. The first-order valence-corrected chi connectivity index (χ1v) is 7.23. The Balaban J connectivity index is 1.85. The van der Waals surface area contributed by atoms with Gasteiger partial charge in [0.15, 0.2) is 0 Å². The van der Waals surface area contributed by atoms with Gasteiger partial charge in [-0.2, -0.15) is 8.78 Å². The van der Waals surface area contributed by atoms with Crippen LogP contribution in [0, 0.1) is 12.8 Å². The Hall–Kier alpha value is -2.18. The third-order valence-corrected chi connectivity index (χ3v) is 4.07. The molecule has 1 fully saturated rings. The van der Waals surface area contributed by atoms with Crippen molar-refractivity contribution in [3.8, 4) is 0 Å². The van der Waals surface area contributed by atoms with E-state index >= 15 is 0 Å². The number of aromatic nitrogens is 3. The van der Waals surface area contributed by atoms with Crippen LogP contribution < -0.4 is 5.32 Å². The highest BCUT2D eigenvalue weighted by molar-refractivity contribution is 5.93. The van der Waals surface area contributed by atoms with Crippen LogP contribution >= 0.6 is 0 Å². The number of nitrogens with zero attached hydrogens (tertiary/aromatic N) is 3. The molecule has 0 aromatic carbocycles. The van der Waals surface area contributed by atoms with Gasteiger partial charge in [0.05, 0.1) is 6.04 Å². The number of alkyl halides is 2. The number of imidazole rings is 1. The maximum Gasteiger partial charge on any atom is 0.319 e. The van der Waals surface area contributed by atoms with Crippen LogP contribution in [0.15, 0.2) is 24.5 Å². The zero-order chi connectivity index (χ0) is 15.9. The summed E-state index contributed by atoms with van der Waals surface area (Å²) in [5.74, 6) is 0.581. The Kier molecular flexibility index (Phi) is 3.72. The minimum atomic E-state index is -2.73. The summed E-state index contributed by atoms with van der Waals surface area (Å²) in [4.78, 5) is 16.7. The molecule has 0 spiro atoms. The molecule has 118 valence electrons. The fourth-order valence-electron chi connectivity index (χ4n) is 2.71. The number of rotatable bonds is 5. The van der Waals surface area contributed by atoms with Gasteiger partial charge in [-0.3, -0.25) is 9.36 Å². The van der Waals surface area contributed by atoms with E-state index in [0.717, 1.165) is 23.2 Å². The number of nitrogens with one attached hydrogen (secondary N) is 1. The van der Waals surface area contributed by atoms with Gasteiger partial charge in [0.2, 0.25) is 0 Å². The van der Waals surface area contributed by atoms with Gasteiger partial charge in [-0.15, -0.1) is 0 Å². The average Bonchev–Trinajstić information content (AvgIpc) is 3.10. The first-order valence-electron chi connectivity index (χ1n) is 7.23. The molecule has 7 heteroatoms. The van der Waals surface area contributed by atoms with Crippen LogP contribution in [0.1, 0.15) is 47.4 Å². The molecule has 2 aromatic rings. The molecule has 1 N–H and O–H groups in total. The summed E-state index contributed by atoms with van der Waals surface area (Å²) in [5, 5.41) is 2.87. The second-order valence-corrected chi connectivity index (χ2v) is 5.69. The van der Waals surface area contributed by atoms with Crippen LogP contribution in [0.4, 0.5) is 8.78 Å². The predicted octanol–water partition coefficient (Wildman–Crippen LogP) is 2.81. The molecule has 3 rings (SSSR count). The number of amides is 1. The smallest absolute Gasteiger partial charge is 0.319 e. The normalized spacial score (nSPS) is 16.0. The van der Waals surface area contributed by atoms with Gasteiger partial charge in [0.1, 0.15) is 11.5 Å². The quantitative estimate of drug-likeness (QED) is 0.923. The maximum atomic E-state index is 13.1. The molecule has 1 saturated carbocycles. The Bertz CT molecular complexity index is 688. The van der Waals surface area contributed by atoms with E-state index in [1.807, 2.05) is 17.8 Å². The summed E-state index contributed by atoms with van der Waals surface area (Å²) in [6.07, 6.45) is 5.49. The molecule has 0 saturated heterocycles. The van der Waals surface area contributed by atoms with Crippen molar-refractivity contribution >= 4 is 5.91 Å². The Labute approximate surface area is 127 Å². The molecule has 0 unspecified atom stereocenters. The van der Waals surface area contributed by atoms with Crippen LogP contribution in [-0.4, -0.2) is 20.0 Å². The zero-order valence-electron chi connectivity index (χ0n) is 12.5. The number of carbonyl (C=O) groups is 1. The average molecular weight is 308 g/mol. The summed E-state index contributed by atoms with van der Waals surface area (Å²) in [6, 6.07) is 2.71. The van der Waals surface area contributed by atoms with E-state index in [9.17, 15) is 13.6 Å². The highest BCUT2D eigenvalue weighted by Crippen LogP contribution is 2.40. The van der Waals surface area contributed by atoms with Gasteiger partial charge < -0.3 is 9.88 Å². The first kappa shape index (κ1) is 14.7. The van der Waals surface area contributed by atoms with E-state index in [-0.39, 0.29) is 11.7 Å². The molecule has 1 amide bonds. The lowest BCUT2D eigenvalue weighted by molar-refractivity contribution is 0.0612. The number of hydrogen-bond acceptors (Lipinski definition) is 2. The van der Waals surface area contributed by atoms with Crippen LogP contribution in [0.25, 0.3) is 0 Å². The summed E-state index contributed by atoms with van der Waals surface area (Å²) in [5.41, 5.74) is 0.340. The Morgan fingerprint density at radius 3 is 2.68 bits per heavy atom. The lowest BCUT2D eigenvalue weighted by Gasteiger charge is -2.19. The van der Waals surface area contributed by atoms with Crippen LogP contribution in [0.2, 0.25) is 0 Å². The van der Waals surface area contributed by atoms with Crippen molar-refractivity contribution in [2.45, 2.75) is 32.4 Å². The second-order valence-electron chi connectivity index (χ2n) is 5.69. The van der Waals surface area contributed by atoms with Crippen LogP contribution in [0.5, 0.6) is 0 Å². The lowest BCUT2D eigenvalue weighted by Crippen LogP contribution is -2.33. The molecular formula is C15H18F2N4O. The molecule has 0 radical (unpaired) electrons. The van der Waals surface area contributed by atoms with Gasteiger partial charge in [-0.05, 0) is 37.8 Å². The van der Waals surface area contributed by atoms with Crippen molar-refractivity contribution in [2.24, 2.45) is 13.0 Å². The van der Waals surface area contributed by atoms with Crippen molar-refractivity contribution in [1.29, 1.82) is 0 Å². The van der Waals surface area contributed by atoms with E-state index in [1.54, 1.807) is 13.1 Å².